The van der Waals surface area contributed by atoms with Gasteiger partial charge in [-0.1, -0.05) is 0 Å². The molecule has 0 aromatic carbocycles. The van der Waals surface area contributed by atoms with Crippen molar-refractivity contribution in [1.29, 1.82) is 0 Å². The molecule has 0 saturated heterocycles. The molecule has 6 heteroatoms. The summed E-state index contributed by atoms with van der Waals surface area (Å²) >= 11 is 5.05. The van der Waals surface area contributed by atoms with E-state index in [1.165, 1.54) is 4.84 Å². The third kappa shape index (κ3) is 4.99. The van der Waals surface area contributed by atoms with E-state index in [0.29, 0.717) is 0 Å². The summed E-state index contributed by atoms with van der Waals surface area (Å²) in [6, 6.07) is 0. The number of halogens is 1. The minimum absolute atomic E-state index is 1.46. The first-order valence-electron chi connectivity index (χ1n) is 5.10. The predicted octanol–water partition coefficient (Wildman–Crippen LogP) is 0.396. The smallest absolute Gasteiger partial charge is 0.266 e. The van der Waals surface area contributed by atoms with Gasteiger partial charge in [0.15, 0.2) is 0 Å². The topological polar surface area (TPSA) is 66.4 Å². The Labute approximate surface area is 73.9 Å². The van der Waals surface area contributed by atoms with E-state index >= 15 is 0 Å². The highest BCUT2D eigenvalue weighted by molar-refractivity contribution is 7.85. The lowest BCUT2D eigenvalue weighted by molar-refractivity contribution is 0.449. The molecule has 0 saturated carbocycles. The van der Waals surface area contributed by atoms with Crippen LogP contribution in [0.25, 0.3) is 0 Å². The summed E-state index contributed by atoms with van der Waals surface area (Å²) in [6.07, 6.45) is 0. The highest BCUT2D eigenvalue weighted by Gasteiger charge is 2.23. The highest BCUT2D eigenvalue weighted by Crippen LogP contribution is 2.05. The molecule has 0 aliphatic heterocycles. The quantitative estimate of drug-likeness (QED) is 0.503. The van der Waals surface area contributed by atoms with Gasteiger partial charge in [-0.25, -0.2) is 4.84 Å². The van der Waals surface area contributed by atoms with Crippen molar-refractivity contribution in [1.82, 2.24) is 4.84 Å². The molecule has 0 atom stereocenters. The molecule has 0 spiro atoms. The molecule has 0 aromatic rings. The number of rotatable bonds is 3. The molecule has 10 heavy (non-hydrogen) atoms. The second-order valence-corrected chi connectivity index (χ2v) is 3.37. The van der Waals surface area contributed by atoms with Crippen molar-refractivity contribution < 1.29 is 21.2 Å². The van der Waals surface area contributed by atoms with E-state index in [0.717, 1.165) is 0 Å². The zero-order valence-electron chi connectivity index (χ0n) is 10.8. The lowest BCUT2D eigenvalue weighted by Crippen LogP contribution is -2.39. The maximum Gasteiger partial charge on any atom is 0.266 e. The summed E-state index contributed by atoms with van der Waals surface area (Å²) in [6.45, 7) is -6.48. The molecule has 0 aliphatic carbocycles. The first-order valence-corrected chi connectivity index (χ1v) is 4.08. The van der Waals surface area contributed by atoms with Crippen LogP contribution in [-0.4, -0.2) is 24.3 Å². The maximum absolute atomic E-state index is 10.7. The van der Waals surface area contributed by atoms with Gasteiger partial charge in [0.05, 0.1) is 5.75 Å². The maximum atomic E-state index is 10.7. The molecule has 0 unspecified atom stereocenters. The Morgan fingerprint density at radius 3 is 2.40 bits per heavy atom. The normalized spacial score (nSPS) is 25.0. The van der Waals surface area contributed by atoms with Gasteiger partial charge in [-0.2, -0.15) is 8.42 Å². The summed E-state index contributed by atoms with van der Waals surface area (Å²) in [5, 5.41) is 0. The Kier molecular flexibility index (Phi) is 1.13. The van der Waals surface area contributed by atoms with Gasteiger partial charge >= 0.3 is 0 Å². The van der Waals surface area contributed by atoms with E-state index in [2.05, 4.69) is 0 Å². The van der Waals surface area contributed by atoms with Gasteiger partial charge in [-0.05, 0) is 25.5 Å². The lowest BCUT2D eigenvalue weighted by Gasteiger charge is -2.19. The average molecular weight is 194 g/mol. The highest BCUT2D eigenvalue weighted by atomic mass is 35.5. The van der Waals surface area contributed by atoms with Gasteiger partial charge in [0.1, 0.15) is 0 Å². The molecule has 0 aromatic heterocycles. The van der Waals surface area contributed by atoms with Crippen LogP contribution in [0.1, 0.15) is 21.9 Å². The first-order chi connectivity index (χ1) is 6.77. The van der Waals surface area contributed by atoms with Gasteiger partial charge in [0.2, 0.25) is 0 Å². The number of hydrogen-bond acceptors (Lipinski definition) is 3. The van der Waals surface area contributed by atoms with Crippen LogP contribution in [0.5, 0.6) is 0 Å². The average Bonchev–Trinajstić information content (AvgIpc) is 1.93. The van der Waals surface area contributed by atoms with Crippen molar-refractivity contribution >= 4 is 21.9 Å². The first kappa shape index (κ1) is 3.71. The Morgan fingerprint density at radius 1 is 1.80 bits per heavy atom. The fraction of sp³-hybridized carbons (Fsp3) is 1.00. The Hall–Kier alpha value is 0.160. The molecule has 0 bridgehead atoms. The number of nitrogens with one attached hydrogen (secondary N) is 1. The van der Waals surface area contributed by atoms with E-state index in [1.54, 1.807) is 0 Å². The summed E-state index contributed by atoms with van der Waals surface area (Å²) in [7, 11) is -4.83. The molecular formula is C4H10ClNO3S. The van der Waals surface area contributed by atoms with Crippen molar-refractivity contribution in [3.8, 4) is 0 Å². The Morgan fingerprint density at radius 2 is 2.30 bits per heavy atom. The third-order valence-electron chi connectivity index (χ3n) is 0.560. The fourth-order valence-electron chi connectivity index (χ4n) is 0.301. The second-order valence-electron chi connectivity index (χ2n) is 1.73. The predicted molar refractivity (Wildman–Crippen MR) is 39.5 cm³/mol. The van der Waals surface area contributed by atoms with Crippen molar-refractivity contribution in [3.63, 3.8) is 0 Å². The van der Waals surface area contributed by atoms with Gasteiger partial charge in [-0.3, -0.25) is 4.55 Å². The van der Waals surface area contributed by atoms with Crippen LogP contribution in [0, 0.1) is 0 Å². The van der Waals surface area contributed by atoms with E-state index in [4.69, 9.17) is 24.6 Å². The molecule has 0 amide bonds. The zero-order valence-corrected chi connectivity index (χ0v) is 6.33. The van der Waals surface area contributed by atoms with Gasteiger partial charge in [0, 0.05) is 13.8 Å². The van der Waals surface area contributed by atoms with E-state index in [1.807, 2.05) is 0 Å². The van der Waals surface area contributed by atoms with Crippen molar-refractivity contribution in [2.24, 2.45) is 0 Å². The van der Waals surface area contributed by atoms with Crippen LogP contribution in [0.2, 0.25) is 0 Å². The second kappa shape index (κ2) is 3.04. The van der Waals surface area contributed by atoms with Crippen molar-refractivity contribution in [2.75, 3.05) is 5.75 Å². The molecule has 4 nitrogen and oxygen atoms in total. The lowest BCUT2D eigenvalue weighted by atomic mass is 10.1. The summed E-state index contributed by atoms with van der Waals surface area (Å²) in [5.41, 5.74) is -2.92. The summed E-state index contributed by atoms with van der Waals surface area (Å²) in [4.78, 5) is 1.46. The Balaban J connectivity index is 5.69. The van der Waals surface area contributed by atoms with Crippen molar-refractivity contribution in [2.45, 2.75) is 19.2 Å². The summed E-state index contributed by atoms with van der Waals surface area (Å²) in [5.74, 6) is -1.55. The van der Waals surface area contributed by atoms with Crippen LogP contribution >= 0.6 is 11.8 Å². The van der Waals surface area contributed by atoms with Crippen LogP contribution in [0.15, 0.2) is 0 Å². The molecule has 0 aliphatic rings. The van der Waals surface area contributed by atoms with Gasteiger partial charge in [-0.15, -0.1) is 0 Å². The fourth-order valence-corrected chi connectivity index (χ4v) is 1.07. The monoisotopic (exact) mass is 193 g/mol. The standard InChI is InChI=1S/C4H10ClNO3S/c1-4(2,6-5)3-10(7,8)9/h6H,3H2,1-2H3,(H,7,8,9)/i1D3,2D3. The minimum atomic E-state index is -4.83. The summed E-state index contributed by atoms with van der Waals surface area (Å²) < 4.78 is 72.0. The molecule has 0 rings (SSSR count). The van der Waals surface area contributed by atoms with E-state index in [9.17, 15) is 8.42 Å². The van der Waals surface area contributed by atoms with Crippen LogP contribution in [-0.2, 0) is 10.1 Å². The molecule has 0 fully saturated rings. The van der Waals surface area contributed by atoms with Crippen LogP contribution in [0.3, 0.4) is 0 Å². The number of hydrogen-bond donors (Lipinski definition) is 2. The molecule has 0 radical (unpaired) electrons. The molecule has 2 N–H and O–H groups in total. The van der Waals surface area contributed by atoms with Crippen LogP contribution in [0.4, 0.5) is 0 Å². The Bertz CT molecular complexity index is 334. The van der Waals surface area contributed by atoms with Gasteiger partial charge < -0.3 is 0 Å². The minimum Gasteiger partial charge on any atom is -0.285 e. The van der Waals surface area contributed by atoms with E-state index in [-0.39, 0.29) is 0 Å². The molecule has 0 heterocycles. The molecule has 62 valence electrons. The van der Waals surface area contributed by atoms with E-state index < -0.39 is 35.1 Å². The van der Waals surface area contributed by atoms with Gasteiger partial charge in [0.25, 0.3) is 10.1 Å². The van der Waals surface area contributed by atoms with Crippen LogP contribution < -0.4 is 4.84 Å². The SMILES string of the molecule is [2H]C([2H])([2H])C(CS(=O)(=O)O)(NCl)C([2H])([2H])[2H]. The third-order valence-corrected chi connectivity index (χ3v) is 1.68. The van der Waals surface area contributed by atoms with Crippen molar-refractivity contribution in [3.05, 3.63) is 0 Å². The molecular weight excluding hydrogens is 178 g/mol. The zero-order chi connectivity index (χ0) is 13.4. The largest absolute Gasteiger partial charge is 0.285 e.